The predicted octanol–water partition coefficient (Wildman–Crippen LogP) is 9.62. The molecule has 10 heteroatoms. The van der Waals surface area contributed by atoms with Crippen LogP contribution in [0.1, 0.15) is 34.7 Å². The number of nitrogens with zero attached hydrogens (tertiary/aromatic N) is 6. The summed E-state index contributed by atoms with van der Waals surface area (Å²) in [4.78, 5) is 52.0. The molecular formula is C58H53N7O3. The van der Waals surface area contributed by atoms with Crippen molar-refractivity contribution in [2.24, 2.45) is 0 Å². The molecule has 2 aromatic heterocycles. The number of hydrogen-bond donors (Lipinski definition) is 1. The van der Waals surface area contributed by atoms with Gasteiger partial charge in [0.15, 0.2) is 0 Å². The summed E-state index contributed by atoms with van der Waals surface area (Å²) in [5, 5.41) is 3.06. The van der Waals surface area contributed by atoms with Crippen LogP contribution >= 0.6 is 0 Å². The number of imidazole rings is 2. The minimum absolute atomic E-state index is 0.0108. The van der Waals surface area contributed by atoms with Gasteiger partial charge in [-0.25, -0.2) is 9.97 Å². The minimum Gasteiger partial charge on any atom is -0.355 e. The molecule has 0 aliphatic carbocycles. The SMILES string of the molecule is CC(=O)N1CCN(C(=O)Cc2ccc(-c3nc4c(-c5ccc(Cn6c(-c7ccc(CC(=O)NCCc8ccccc8)cc7)nc7ccccc76)cc5)cccc4n3Cc3ccccc3)cc2)CC1. The molecule has 10 nitrogen and oxygen atoms in total. The summed E-state index contributed by atoms with van der Waals surface area (Å²) >= 11 is 0. The highest BCUT2D eigenvalue weighted by atomic mass is 16.2. The van der Waals surface area contributed by atoms with Crippen LogP contribution in [0.3, 0.4) is 0 Å². The highest BCUT2D eigenvalue weighted by Gasteiger charge is 2.23. The van der Waals surface area contributed by atoms with Gasteiger partial charge in [-0.1, -0.05) is 158 Å². The van der Waals surface area contributed by atoms with Crippen LogP contribution in [0.2, 0.25) is 0 Å². The summed E-state index contributed by atoms with van der Waals surface area (Å²) < 4.78 is 4.56. The number of fused-ring (bicyclic) bond motifs is 2. The first-order chi connectivity index (χ1) is 33.3. The number of carbonyl (C=O) groups excluding carboxylic acids is 3. The van der Waals surface area contributed by atoms with Crippen LogP contribution < -0.4 is 5.32 Å². The zero-order valence-corrected chi connectivity index (χ0v) is 38.2. The monoisotopic (exact) mass is 895 g/mol. The second kappa shape index (κ2) is 19.8. The number of aromatic nitrogens is 4. The third kappa shape index (κ3) is 9.71. The Morgan fingerprint density at radius 1 is 0.485 bits per heavy atom. The topological polar surface area (TPSA) is 105 Å². The maximum Gasteiger partial charge on any atom is 0.227 e. The Kier molecular flexibility index (Phi) is 12.7. The summed E-state index contributed by atoms with van der Waals surface area (Å²) in [6, 6.07) is 60.4. The van der Waals surface area contributed by atoms with Crippen molar-refractivity contribution >= 4 is 39.8 Å². The molecule has 0 atom stereocenters. The molecule has 1 fully saturated rings. The third-order valence-corrected chi connectivity index (χ3v) is 13.0. The molecule has 0 spiro atoms. The molecule has 1 saturated heterocycles. The molecule has 0 bridgehead atoms. The smallest absolute Gasteiger partial charge is 0.227 e. The van der Waals surface area contributed by atoms with Crippen LogP contribution in [0, 0.1) is 0 Å². The van der Waals surface area contributed by atoms with Crippen molar-refractivity contribution in [2.45, 2.75) is 39.3 Å². The fourth-order valence-electron chi connectivity index (χ4n) is 9.29. The van der Waals surface area contributed by atoms with Crippen LogP contribution in [0.5, 0.6) is 0 Å². The second-order valence-corrected chi connectivity index (χ2v) is 17.6. The van der Waals surface area contributed by atoms with Gasteiger partial charge in [-0.2, -0.15) is 0 Å². The highest BCUT2D eigenvalue weighted by Crippen LogP contribution is 2.34. The van der Waals surface area contributed by atoms with Crippen LogP contribution in [0.4, 0.5) is 0 Å². The number of nitrogens with one attached hydrogen (secondary N) is 1. The molecule has 68 heavy (non-hydrogen) atoms. The van der Waals surface area contributed by atoms with Crippen LogP contribution in [0.15, 0.2) is 176 Å². The molecule has 0 saturated carbocycles. The van der Waals surface area contributed by atoms with E-state index in [9.17, 15) is 14.4 Å². The lowest BCUT2D eigenvalue weighted by Gasteiger charge is -2.34. The van der Waals surface area contributed by atoms with Gasteiger partial charge in [-0.3, -0.25) is 14.4 Å². The number of para-hydroxylation sites is 3. The Bertz CT molecular complexity index is 3210. The zero-order valence-electron chi connectivity index (χ0n) is 38.2. The Morgan fingerprint density at radius 2 is 1.00 bits per heavy atom. The van der Waals surface area contributed by atoms with E-state index < -0.39 is 0 Å². The van der Waals surface area contributed by atoms with E-state index >= 15 is 0 Å². The Morgan fingerprint density at radius 3 is 1.66 bits per heavy atom. The average Bonchev–Trinajstić information content (AvgIpc) is 3.93. The van der Waals surface area contributed by atoms with E-state index in [2.05, 4.69) is 136 Å². The first kappa shape index (κ1) is 43.8. The van der Waals surface area contributed by atoms with Gasteiger partial charge in [-0.15, -0.1) is 0 Å². The van der Waals surface area contributed by atoms with Gasteiger partial charge < -0.3 is 24.3 Å². The summed E-state index contributed by atoms with van der Waals surface area (Å²) in [5.41, 5.74) is 13.5. The van der Waals surface area contributed by atoms with Crippen LogP contribution in [-0.2, 0) is 46.7 Å². The quantitative estimate of drug-likeness (QED) is 0.117. The Labute approximate surface area is 396 Å². The van der Waals surface area contributed by atoms with Crippen LogP contribution in [0.25, 0.3) is 56.0 Å². The van der Waals surface area contributed by atoms with Gasteiger partial charge in [0.05, 0.1) is 34.9 Å². The summed E-state index contributed by atoms with van der Waals surface area (Å²) in [5.74, 6) is 1.87. The highest BCUT2D eigenvalue weighted by molar-refractivity contribution is 5.94. The predicted molar refractivity (Wildman–Crippen MR) is 270 cm³/mol. The molecule has 10 rings (SSSR count). The van der Waals surface area contributed by atoms with Crippen molar-refractivity contribution in [1.82, 2.24) is 34.2 Å². The summed E-state index contributed by atoms with van der Waals surface area (Å²) in [7, 11) is 0. The lowest BCUT2D eigenvalue weighted by molar-refractivity contribution is -0.138. The van der Waals surface area contributed by atoms with Gasteiger partial charge in [0.2, 0.25) is 17.7 Å². The Hall–Kier alpha value is -8.11. The maximum atomic E-state index is 13.3. The van der Waals surface area contributed by atoms with E-state index in [-0.39, 0.29) is 17.7 Å². The molecule has 338 valence electrons. The lowest BCUT2D eigenvalue weighted by atomic mass is 10.0. The molecular weight excluding hydrogens is 843 g/mol. The normalized spacial score (nSPS) is 12.7. The van der Waals surface area contributed by atoms with Crippen molar-refractivity contribution in [3.63, 3.8) is 0 Å². The third-order valence-electron chi connectivity index (χ3n) is 13.0. The molecule has 9 aromatic rings. The second-order valence-electron chi connectivity index (χ2n) is 17.6. The number of rotatable bonds is 14. The largest absolute Gasteiger partial charge is 0.355 e. The maximum absolute atomic E-state index is 13.3. The minimum atomic E-state index is 0.0108. The average molecular weight is 896 g/mol. The van der Waals surface area contributed by atoms with Crippen molar-refractivity contribution < 1.29 is 14.4 Å². The molecule has 3 amide bonds. The lowest BCUT2D eigenvalue weighted by Crippen LogP contribution is -2.50. The number of piperazine rings is 1. The van der Waals surface area contributed by atoms with E-state index in [1.807, 2.05) is 59.5 Å². The van der Waals surface area contributed by atoms with E-state index in [1.54, 1.807) is 11.8 Å². The van der Waals surface area contributed by atoms with Crippen molar-refractivity contribution in [1.29, 1.82) is 0 Å². The molecule has 7 aromatic carbocycles. The molecule has 1 N–H and O–H groups in total. The first-order valence-electron chi connectivity index (χ1n) is 23.4. The van der Waals surface area contributed by atoms with E-state index in [0.29, 0.717) is 58.7 Å². The van der Waals surface area contributed by atoms with Gasteiger partial charge in [0.1, 0.15) is 11.6 Å². The Balaban J connectivity index is 0.881. The molecule has 1 aliphatic heterocycles. The van der Waals surface area contributed by atoms with Crippen LogP contribution in [-0.4, -0.2) is 79.3 Å². The van der Waals surface area contributed by atoms with Gasteiger partial charge in [0.25, 0.3) is 0 Å². The number of carbonyl (C=O) groups is 3. The van der Waals surface area contributed by atoms with Crippen molar-refractivity contribution in [2.75, 3.05) is 32.7 Å². The molecule has 0 unspecified atom stereocenters. The fraction of sp³-hybridized carbons (Fsp3) is 0.190. The number of benzene rings is 7. The molecule has 0 radical (unpaired) electrons. The number of hydrogen-bond acceptors (Lipinski definition) is 5. The van der Waals surface area contributed by atoms with E-state index in [0.717, 1.165) is 79.1 Å². The zero-order chi connectivity index (χ0) is 46.4. The molecule has 1 aliphatic rings. The van der Waals surface area contributed by atoms with Crippen molar-refractivity contribution in [3.05, 3.63) is 204 Å². The van der Waals surface area contributed by atoms with Gasteiger partial charge >= 0.3 is 0 Å². The molecule has 3 heterocycles. The first-order valence-corrected chi connectivity index (χ1v) is 23.4. The van der Waals surface area contributed by atoms with E-state index in [4.69, 9.17) is 9.97 Å². The van der Waals surface area contributed by atoms with Gasteiger partial charge in [-0.05, 0) is 58.0 Å². The summed E-state index contributed by atoms with van der Waals surface area (Å²) in [6.07, 6.45) is 1.43. The fourth-order valence-corrected chi connectivity index (χ4v) is 9.29. The van der Waals surface area contributed by atoms with E-state index in [1.165, 1.54) is 11.1 Å². The number of amides is 3. The van der Waals surface area contributed by atoms with Crippen molar-refractivity contribution in [3.8, 4) is 33.9 Å². The standard InChI is InChI=1S/C58H53N7O3/c1-41(66)62-33-35-63(36-34-62)55(68)38-44-21-29-49(30-22-44)58-61-56-50(15-10-18-53(56)65(58)39-45-13-6-3-7-14-45)47-25-23-46(24-26-47)40-64-52-17-9-8-16-51(52)60-57(64)48-27-19-43(20-28-48)37-54(67)59-32-31-42-11-4-2-5-12-42/h2-30H,31-40H2,1H3,(H,59,67). The summed E-state index contributed by atoms with van der Waals surface area (Å²) in [6.45, 7) is 5.72. The van der Waals surface area contributed by atoms with Gasteiger partial charge in [0, 0.05) is 69.4 Å².